The lowest BCUT2D eigenvalue weighted by atomic mass is 9.94. The van der Waals surface area contributed by atoms with Crippen molar-refractivity contribution in [2.45, 2.75) is 44.2 Å². The molecule has 1 N–H and O–H groups in total. The SMILES string of the molecule is CN1CCN(CC(NC(=O)c2ccc3c(c2)C(=O)N(C2CCCCC2)C3=O)c2ccccc2)CC1. The zero-order chi connectivity index (χ0) is 24.4. The van der Waals surface area contributed by atoms with Gasteiger partial charge in [-0.15, -0.1) is 0 Å². The van der Waals surface area contributed by atoms with Gasteiger partial charge in [-0.2, -0.15) is 0 Å². The summed E-state index contributed by atoms with van der Waals surface area (Å²) < 4.78 is 0. The summed E-state index contributed by atoms with van der Waals surface area (Å²) in [7, 11) is 2.13. The molecule has 0 aromatic heterocycles. The maximum absolute atomic E-state index is 13.3. The molecule has 3 aliphatic rings. The Morgan fingerprint density at radius 1 is 0.914 bits per heavy atom. The third-order valence-corrected chi connectivity index (χ3v) is 7.66. The minimum atomic E-state index is -0.261. The smallest absolute Gasteiger partial charge is 0.261 e. The number of imide groups is 1. The molecule has 7 heteroatoms. The van der Waals surface area contributed by atoms with Gasteiger partial charge in [0.15, 0.2) is 0 Å². The Bertz CT molecular complexity index is 1090. The number of carbonyl (C=O) groups excluding carboxylic acids is 3. The highest BCUT2D eigenvalue weighted by Crippen LogP contribution is 2.31. The van der Waals surface area contributed by atoms with Gasteiger partial charge in [0.05, 0.1) is 17.2 Å². The van der Waals surface area contributed by atoms with Crippen LogP contribution in [0.4, 0.5) is 0 Å². The van der Waals surface area contributed by atoms with E-state index in [0.29, 0.717) is 16.7 Å². The van der Waals surface area contributed by atoms with Crippen LogP contribution in [0.25, 0.3) is 0 Å². The van der Waals surface area contributed by atoms with E-state index in [4.69, 9.17) is 0 Å². The molecule has 1 saturated heterocycles. The molecule has 0 radical (unpaired) electrons. The average Bonchev–Trinajstić information content (AvgIpc) is 3.15. The van der Waals surface area contributed by atoms with Gasteiger partial charge >= 0.3 is 0 Å². The van der Waals surface area contributed by atoms with E-state index in [1.807, 2.05) is 30.3 Å². The molecule has 5 rings (SSSR count). The Balaban J connectivity index is 1.33. The largest absolute Gasteiger partial charge is 0.344 e. The van der Waals surface area contributed by atoms with Gasteiger partial charge in [-0.1, -0.05) is 49.6 Å². The summed E-state index contributed by atoms with van der Waals surface area (Å²) >= 11 is 0. The second-order valence-corrected chi connectivity index (χ2v) is 10.1. The van der Waals surface area contributed by atoms with Gasteiger partial charge in [0, 0.05) is 44.3 Å². The molecule has 1 unspecified atom stereocenters. The second kappa shape index (κ2) is 10.3. The van der Waals surface area contributed by atoms with Gasteiger partial charge in [-0.05, 0) is 43.7 Å². The van der Waals surface area contributed by atoms with E-state index < -0.39 is 0 Å². The van der Waals surface area contributed by atoms with E-state index in [2.05, 4.69) is 22.2 Å². The lowest BCUT2D eigenvalue weighted by molar-refractivity contribution is 0.0548. The fourth-order valence-corrected chi connectivity index (χ4v) is 5.52. The summed E-state index contributed by atoms with van der Waals surface area (Å²) in [5, 5.41) is 3.20. The van der Waals surface area contributed by atoms with Crippen molar-refractivity contribution in [2.75, 3.05) is 39.8 Å². The molecule has 1 saturated carbocycles. The zero-order valence-electron chi connectivity index (χ0n) is 20.4. The number of hydrogen-bond acceptors (Lipinski definition) is 5. The predicted molar refractivity (Wildman–Crippen MR) is 134 cm³/mol. The van der Waals surface area contributed by atoms with Crippen LogP contribution in [0.1, 0.15) is 74.8 Å². The van der Waals surface area contributed by atoms with Gasteiger partial charge in [0.25, 0.3) is 17.7 Å². The minimum Gasteiger partial charge on any atom is -0.344 e. The normalized spacial score (nSPS) is 20.7. The molecular weight excluding hydrogens is 440 g/mol. The van der Waals surface area contributed by atoms with Crippen molar-refractivity contribution >= 4 is 17.7 Å². The molecule has 1 aliphatic carbocycles. The van der Waals surface area contributed by atoms with Gasteiger partial charge in [-0.25, -0.2) is 0 Å². The number of hydrogen-bond donors (Lipinski definition) is 1. The van der Waals surface area contributed by atoms with E-state index in [0.717, 1.165) is 70.4 Å². The second-order valence-electron chi connectivity index (χ2n) is 10.1. The monoisotopic (exact) mass is 474 g/mol. The topological polar surface area (TPSA) is 73.0 Å². The van der Waals surface area contributed by atoms with Crippen molar-refractivity contribution in [3.8, 4) is 0 Å². The third kappa shape index (κ3) is 5.02. The first kappa shape index (κ1) is 23.7. The highest BCUT2D eigenvalue weighted by molar-refractivity contribution is 6.22. The number of piperazine rings is 1. The lowest BCUT2D eigenvalue weighted by Gasteiger charge is -2.35. The molecule has 2 aromatic rings. The van der Waals surface area contributed by atoms with Crippen LogP contribution in [0.5, 0.6) is 0 Å². The summed E-state index contributed by atoms with van der Waals surface area (Å²) in [6.07, 6.45) is 4.97. The Morgan fingerprint density at radius 3 is 2.31 bits per heavy atom. The maximum atomic E-state index is 13.3. The van der Waals surface area contributed by atoms with Gasteiger partial charge in [-0.3, -0.25) is 24.2 Å². The number of likely N-dealkylation sites (N-methyl/N-ethyl adjacent to an activating group) is 1. The summed E-state index contributed by atoms with van der Waals surface area (Å²) in [5.41, 5.74) is 2.23. The molecule has 0 spiro atoms. The molecule has 0 bridgehead atoms. The van der Waals surface area contributed by atoms with E-state index >= 15 is 0 Å². The molecule has 2 fully saturated rings. The molecule has 35 heavy (non-hydrogen) atoms. The average molecular weight is 475 g/mol. The molecular formula is C28H34N4O3. The first-order valence-corrected chi connectivity index (χ1v) is 12.8. The zero-order valence-corrected chi connectivity index (χ0v) is 20.4. The van der Waals surface area contributed by atoms with Crippen molar-refractivity contribution in [2.24, 2.45) is 0 Å². The Labute approximate surface area is 207 Å². The van der Waals surface area contributed by atoms with E-state index in [1.165, 1.54) is 4.90 Å². The Hall–Kier alpha value is -3.03. The number of nitrogens with one attached hydrogen (secondary N) is 1. The predicted octanol–water partition coefficient (Wildman–Crippen LogP) is 3.33. The van der Waals surface area contributed by atoms with Crippen molar-refractivity contribution in [3.63, 3.8) is 0 Å². The van der Waals surface area contributed by atoms with E-state index in [1.54, 1.807) is 18.2 Å². The maximum Gasteiger partial charge on any atom is 0.261 e. The van der Waals surface area contributed by atoms with Crippen LogP contribution in [0.3, 0.4) is 0 Å². The Kier molecular flexibility index (Phi) is 6.97. The van der Waals surface area contributed by atoms with Gasteiger partial charge in [0.1, 0.15) is 0 Å². The van der Waals surface area contributed by atoms with Crippen molar-refractivity contribution in [3.05, 3.63) is 70.8 Å². The summed E-state index contributed by atoms with van der Waals surface area (Å²) in [6, 6.07) is 14.7. The summed E-state index contributed by atoms with van der Waals surface area (Å²) in [6.45, 7) is 4.66. The number of fused-ring (bicyclic) bond motifs is 1. The summed E-state index contributed by atoms with van der Waals surface area (Å²) in [5.74, 6) is -0.711. The third-order valence-electron chi connectivity index (χ3n) is 7.66. The van der Waals surface area contributed by atoms with Crippen LogP contribution in [-0.4, -0.2) is 78.2 Å². The minimum absolute atomic E-state index is 0.0283. The molecule has 7 nitrogen and oxygen atoms in total. The van der Waals surface area contributed by atoms with E-state index in [9.17, 15) is 14.4 Å². The quantitative estimate of drug-likeness (QED) is 0.651. The van der Waals surface area contributed by atoms with Crippen molar-refractivity contribution in [1.82, 2.24) is 20.0 Å². The van der Waals surface area contributed by atoms with Crippen LogP contribution in [0, 0.1) is 0 Å². The molecule has 2 heterocycles. The number of nitrogens with zero attached hydrogens (tertiary/aromatic N) is 3. The van der Waals surface area contributed by atoms with E-state index in [-0.39, 0.29) is 29.8 Å². The number of benzene rings is 2. The van der Waals surface area contributed by atoms with Crippen LogP contribution >= 0.6 is 0 Å². The van der Waals surface area contributed by atoms with Crippen LogP contribution in [0.2, 0.25) is 0 Å². The van der Waals surface area contributed by atoms with Gasteiger partial charge < -0.3 is 10.2 Å². The molecule has 1 atom stereocenters. The molecule has 3 amide bonds. The standard InChI is InChI=1S/C28H34N4O3/c1-30-14-16-31(17-15-30)19-25(20-8-4-2-5-9-20)29-26(33)21-12-13-23-24(18-21)28(35)32(27(23)34)22-10-6-3-7-11-22/h2,4-5,8-9,12-13,18,22,25H,3,6-7,10-11,14-17,19H2,1H3,(H,29,33). The van der Waals surface area contributed by atoms with Crippen LogP contribution in [0.15, 0.2) is 48.5 Å². The fourth-order valence-electron chi connectivity index (χ4n) is 5.52. The lowest BCUT2D eigenvalue weighted by Crippen LogP contribution is -2.47. The summed E-state index contributed by atoms with van der Waals surface area (Å²) in [4.78, 5) is 45.6. The van der Waals surface area contributed by atoms with Crippen LogP contribution in [-0.2, 0) is 0 Å². The highest BCUT2D eigenvalue weighted by atomic mass is 16.2. The van der Waals surface area contributed by atoms with Crippen LogP contribution < -0.4 is 5.32 Å². The molecule has 184 valence electrons. The first-order chi connectivity index (χ1) is 17.0. The number of rotatable bonds is 6. The number of carbonyl (C=O) groups is 3. The van der Waals surface area contributed by atoms with Crippen molar-refractivity contribution < 1.29 is 14.4 Å². The van der Waals surface area contributed by atoms with Crippen molar-refractivity contribution in [1.29, 1.82) is 0 Å². The molecule has 2 aromatic carbocycles. The first-order valence-electron chi connectivity index (χ1n) is 12.8. The Morgan fingerprint density at radius 2 is 1.60 bits per heavy atom. The molecule has 2 aliphatic heterocycles. The number of amides is 3. The fraction of sp³-hybridized carbons (Fsp3) is 0.464. The van der Waals surface area contributed by atoms with Gasteiger partial charge in [0.2, 0.25) is 0 Å². The highest BCUT2D eigenvalue weighted by Gasteiger charge is 2.40.